The number of benzene rings is 1. The fourth-order valence-corrected chi connectivity index (χ4v) is 1.31. The molecule has 2 aromatic rings. The van der Waals surface area contributed by atoms with Crippen LogP contribution in [0.15, 0.2) is 41.2 Å². The van der Waals surface area contributed by atoms with Gasteiger partial charge in [-0.25, -0.2) is 4.68 Å². The number of halogens is 3. The van der Waals surface area contributed by atoms with Gasteiger partial charge in [-0.3, -0.25) is 9.89 Å². The molecule has 0 spiro atoms. The fourth-order valence-electron chi connectivity index (χ4n) is 1.31. The van der Waals surface area contributed by atoms with Crippen molar-refractivity contribution in [1.29, 1.82) is 0 Å². The van der Waals surface area contributed by atoms with Crippen molar-refractivity contribution in [1.82, 2.24) is 9.78 Å². The zero-order chi connectivity index (χ0) is 11.8. The number of para-hydroxylation sites is 1. The third-order valence-electron chi connectivity index (χ3n) is 2.04. The SMILES string of the molecule is O=c1cc(C(F)(F)F)[nH]n1-c1ccccc1.[Cs+].[H-]. The molecule has 1 aromatic heterocycles. The molecule has 0 radical (unpaired) electrons. The minimum absolute atomic E-state index is 0. The first-order valence-corrected chi connectivity index (χ1v) is 4.43. The zero-order valence-corrected chi connectivity index (χ0v) is 15.2. The molecule has 0 fully saturated rings. The van der Waals surface area contributed by atoms with Gasteiger partial charge < -0.3 is 1.43 Å². The Kier molecular flexibility index (Phi) is 5.17. The molecule has 0 saturated heterocycles. The van der Waals surface area contributed by atoms with Gasteiger partial charge in [0, 0.05) is 6.07 Å². The topological polar surface area (TPSA) is 37.8 Å². The molecule has 1 heterocycles. The predicted octanol–water partition coefficient (Wildman–Crippen LogP) is -0.699. The van der Waals surface area contributed by atoms with Crippen LogP contribution in [0.1, 0.15) is 7.12 Å². The van der Waals surface area contributed by atoms with Gasteiger partial charge in [-0.2, -0.15) is 13.2 Å². The van der Waals surface area contributed by atoms with Crippen LogP contribution in [0.3, 0.4) is 0 Å². The second-order valence-corrected chi connectivity index (χ2v) is 3.18. The summed E-state index contributed by atoms with van der Waals surface area (Å²) in [5.74, 6) is 0. The molecule has 0 atom stereocenters. The normalized spacial score (nSPS) is 11.0. The Balaban J connectivity index is 0.00000144. The molecule has 1 N–H and O–H groups in total. The number of aromatic nitrogens is 2. The number of alkyl halides is 3. The molecular weight excluding hydrogens is 354 g/mol. The average molecular weight is 362 g/mol. The smallest absolute Gasteiger partial charge is 1.00 e. The monoisotopic (exact) mass is 362 g/mol. The van der Waals surface area contributed by atoms with E-state index in [9.17, 15) is 18.0 Å². The summed E-state index contributed by atoms with van der Waals surface area (Å²) in [5, 5.41) is 2.02. The molecule has 0 aliphatic rings. The molecule has 0 aliphatic heterocycles. The van der Waals surface area contributed by atoms with Crippen LogP contribution in [0.5, 0.6) is 0 Å². The molecule has 1 aromatic carbocycles. The maximum Gasteiger partial charge on any atom is 1.00 e. The van der Waals surface area contributed by atoms with Crippen LogP contribution in [-0.2, 0) is 6.18 Å². The van der Waals surface area contributed by atoms with E-state index in [1.165, 1.54) is 12.1 Å². The van der Waals surface area contributed by atoms with Crippen LogP contribution in [0.2, 0.25) is 0 Å². The van der Waals surface area contributed by atoms with Crippen molar-refractivity contribution >= 4 is 0 Å². The fraction of sp³-hybridized carbons (Fsp3) is 0.100. The van der Waals surface area contributed by atoms with Gasteiger partial charge in [0.1, 0.15) is 5.69 Å². The standard InChI is InChI=1S/C10H7F3N2O.Cs.H/c11-10(12,13)8-6-9(16)15(14-8)7-4-2-1-3-5-7;;/h1-6,14H;;/q;+1;-1. The molecule has 0 unspecified atom stereocenters. The van der Waals surface area contributed by atoms with Crippen molar-refractivity contribution in [2.45, 2.75) is 6.18 Å². The maximum absolute atomic E-state index is 12.3. The Morgan fingerprint density at radius 1 is 1.18 bits per heavy atom. The number of nitrogens with one attached hydrogen (secondary N) is 1. The summed E-state index contributed by atoms with van der Waals surface area (Å²) < 4.78 is 37.8. The van der Waals surface area contributed by atoms with E-state index >= 15 is 0 Å². The van der Waals surface area contributed by atoms with Crippen molar-refractivity contribution < 1.29 is 83.5 Å². The van der Waals surface area contributed by atoms with E-state index in [1.54, 1.807) is 18.2 Å². The summed E-state index contributed by atoms with van der Waals surface area (Å²) in [6, 6.07) is 8.59. The van der Waals surface area contributed by atoms with Gasteiger partial charge in [-0.05, 0) is 12.1 Å². The number of H-pyrrole nitrogens is 1. The van der Waals surface area contributed by atoms with Gasteiger partial charge in [0.25, 0.3) is 5.56 Å². The van der Waals surface area contributed by atoms with Crippen molar-refractivity contribution in [3.05, 3.63) is 52.4 Å². The van der Waals surface area contributed by atoms with Crippen molar-refractivity contribution in [2.75, 3.05) is 0 Å². The largest absolute Gasteiger partial charge is 1.00 e. The van der Waals surface area contributed by atoms with Crippen LogP contribution in [-0.4, -0.2) is 9.78 Å². The minimum Gasteiger partial charge on any atom is -1.00 e. The number of hydrogen-bond donors (Lipinski definition) is 1. The van der Waals surface area contributed by atoms with Gasteiger partial charge in [-0.1, -0.05) is 18.2 Å². The summed E-state index contributed by atoms with van der Waals surface area (Å²) in [5.41, 5.74) is -1.43. The Morgan fingerprint density at radius 3 is 2.24 bits per heavy atom. The van der Waals surface area contributed by atoms with E-state index in [4.69, 9.17) is 0 Å². The van der Waals surface area contributed by atoms with E-state index in [0.29, 0.717) is 11.8 Å². The first-order chi connectivity index (χ1) is 7.48. The Bertz CT molecular complexity index is 550. The molecule has 86 valence electrons. The minimum atomic E-state index is -4.54. The molecule has 17 heavy (non-hydrogen) atoms. The quantitative estimate of drug-likeness (QED) is 0.716. The van der Waals surface area contributed by atoms with Crippen LogP contribution in [0.4, 0.5) is 13.2 Å². The number of aromatic amines is 1. The average Bonchev–Trinajstić information content (AvgIpc) is 2.61. The van der Waals surface area contributed by atoms with Gasteiger partial charge in [0.2, 0.25) is 0 Å². The molecule has 0 amide bonds. The van der Waals surface area contributed by atoms with Crippen LogP contribution >= 0.6 is 0 Å². The predicted molar refractivity (Wildman–Crippen MR) is 52.5 cm³/mol. The summed E-state index contributed by atoms with van der Waals surface area (Å²) in [7, 11) is 0. The molecule has 0 bridgehead atoms. The van der Waals surface area contributed by atoms with Gasteiger partial charge >= 0.3 is 75.1 Å². The van der Waals surface area contributed by atoms with Crippen LogP contribution in [0.25, 0.3) is 5.69 Å². The molecule has 7 heteroatoms. The third-order valence-corrected chi connectivity index (χ3v) is 2.04. The Morgan fingerprint density at radius 2 is 1.76 bits per heavy atom. The van der Waals surface area contributed by atoms with Crippen molar-refractivity contribution in [3.8, 4) is 5.69 Å². The first-order valence-electron chi connectivity index (χ1n) is 4.43. The van der Waals surface area contributed by atoms with E-state index in [1.807, 2.05) is 5.10 Å². The van der Waals surface area contributed by atoms with Gasteiger partial charge in [0.05, 0.1) is 5.69 Å². The summed E-state index contributed by atoms with van der Waals surface area (Å²) in [6.07, 6.45) is -4.54. The van der Waals surface area contributed by atoms with E-state index in [-0.39, 0.29) is 70.3 Å². The number of rotatable bonds is 1. The molecule has 3 nitrogen and oxygen atoms in total. The summed E-state index contributed by atoms with van der Waals surface area (Å²) >= 11 is 0. The molecule has 0 aliphatic carbocycles. The third kappa shape index (κ3) is 3.52. The van der Waals surface area contributed by atoms with Crippen LogP contribution < -0.4 is 74.5 Å². The Hall–Kier alpha value is 0.0719. The molecule has 0 saturated carbocycles. The summed E-state index contributed by atoms with van der Waals surface area (Å²) in [4.78, 5) is 11.3. The number of hydrogen-bond acceptors (Lipinski definition) is 1. The van der Waals surface area contributed by atoms with Crippen molar-refractivity contribution in [2.24, 2.45) is 0 Å². The van der Waals surface area contributed by atoms with E-state index in [0.717, 1.165) is 4.68 Å². The molecular formula is C10H8CsF3N2O. The number of nitrogens with zero attached hydrogens (tertiary/aromatic N) is 1. The van der Waals surface area contributed by atoms with E-state index in [2.05, 4.69) is 0 Å². The van der Waals surface area contributed by atoms with Gasteiger partial charge in [-0.15, -0.1) is 0 Å². The zero-order valence-electron chi connectivity index (χ0n) is 9.95. The Labute approximate surface area is 155 Å². The first kappa shape index (κ1) is 15.1. The second-order valence-electron chi connectivity index (χ2n) is 3.18. The van der Waals surface area contributed by atoms with Gasteiger partial charge in [0.15, 0.2) is 0 Å². The van der Waals surface area contributed by atoms with Crippen molar-refractivity contribution in [3.63, 3.8) is 0 Å². The van der Waals surface area contributed by atoms with E-state index < -0.39 is 17.4 Å². The second kappa shape index (κ2) is 5.81. The summed E-state index contributed by atoms with van der Waals surface area (Å²) in [6.45, 7) is 0. The molecule has 2 rings (SSSR count). The van der Waals surface area contributed by atoms with Crippen LogP contribution in [0, 0.1) is 0 Å². The maximum atomic E-state index is 12.3.